The van der Waals surface area contributed by atoms with E-state index < -0.39 is 82.6 Å². The topological polar surface area (TPSA) is 213 Å². The first-order valence-electron chi connectivity index (χ1n) is 21.3. The Balaban J connectivity index is 1.43. The van der Waals surface area contributed by atoms with Gasteiger partial charge in [0.1, 0.15) is 23.2 Å². The highest BCUT2D eigenvalue weighted by molar-refractivity contribution is 5.96. The van der Waals surface area contributed by atoms with Crippen molar-refractivity contribution in [3.8, 4) is 28.2 Å². The molecule has 2 saturated heterocycles. The smallest absolute Gasteiger partial charge is 0.416 e. The molecule has 6 N–H and O–H groups in total. The summed E-state index contributed by atoms with van der Waals surface area (Å²) in [5, 5.41) is 19.5. The zero-order valence-corrected chi connectivity index (χ0v) is 37.0. The molecule has 3 heterocycles. The van der Waals surface area contributed by atoms with Gasteiger partial charge in [-0.2, -0.15) is 13.2 Å². The summed E-state index contributed by atoms with van der Waals surface area (Å²) in [5.74, 6) is -3.55. The summed E-state index contributed by atoms with van der Waals surface area (Å²) < 4.78 is 43.0. The minimum Gasteiger partial charge on any atom is -0.465 e. The van der Waals surface area contributed by atoms with Gasteiger partial charge in [0.05, 0.1) is 17.0 Å². The second-order valence-corrected chi connectivity index (χ2v) is 17.4. The van der Waals surface area contributed by atoms with Gasteiger partial charge in [-0.05, 0) is 96.2 Å². The van der Waals surface area contributed by atoms with E-state index in [0.29, 0.717) is 52.2 Å². The van der Waals surface area contributed by atoms with Gasteiger partial charge in [-0.1, -0.05) is 76.2 Å². The monoisotopic (exact) mass is 901 g/mol. The summed E-state index contributed by atoms with van der Waals surface area (Å²) in [6.07, 6.45) is -5.98. The predicted octanol–water partition coefficient (Wildman–Crippen LogP) is 6.70. The average molecular weight is 902 g/mol. The lowest BCUT2D eigenvalue weighted by atomic mass is 9.84. The fraction of sp³-hybridized carbons (Fsp3) is 0.404. The fourth-order valence-corrected chi connectivity index (χ4v) is 9.78. The molecule has 0 unspecified atom stereocenters. The second kappa shape index (κ2) is 18.0. The quantitative estimate of drug-likeness (QED) is 0.113. The first-order chi connectivity index (χ1) is 30.5. The van der Waals surface area contributed by atoms with Gasteiger partial charge in [0.15, 0.2) is 0 Å². The number of carbonyl (C=O) groups is 6. The Morgan fingerprint density at radius 1 is 0.600 bits per heavy atom. The van der Waals surface area contributed by atoms with Crippen molar-refractivity contribution in [2.24, 2.45) is 23.3 Å². The van der Waals surface area contributed by atoms with Crippen molar-refractivity contribution >= 4 is 35.8 Å². The molecule has 0 spiro atoms. The van der Waals surface area contributed by atoms with Gasteiger partial charge >= 0.3 is 18.4 Å². The highest BCUT2D eigenvalue weighted by atomic mass is 19.4. The Morgan fingerprint density at radius 3 is 1.25 bits per heavy atom. The van der Waals surface area contributed by atoms with Crippen LogP contribution in [0.1, 0.15) is 70.1 Å². The van der Waals surface area contributed by atoms with E-state index in [-0.39, 0.29) is 25.9 Å². The maximum atomic E-state index is 14.1. The third-order valence-electron chi connectivity index (χ3n) is 13.0. The van der Waals surface area contributed by atoms with Crippen LogP contribution < -0.4 is 11.5 Å². The van der Waals surface area contributed by atoms with Crippen LogP contribution in [0.15, 0.2) is 84.9 Å². The maximum Gasteiger partial charge on any atom is 0.416 e. The number of nitrogens with zero attached hydrogens (tertiary/aromatic N) is 5. The number of primary amides is 2. The van der Waals surface area contributed by atoms with E-state index in [4.69, 9.17) is 11.5 Å². The molecule has 4 aromatic rings. The van der Waals surface area contributed by atoms with Crippen molar-refractivity contribution in [2.45, 2.75) is 82.7 Å². The summed E-state index contributed by atoms with van der Waals surface area (Å²) in [5.41, 5.74) is 11.6. The number of nitrogens with two attached hydrogens (primary N) is 2. The molecular formula is C47H54F3N7O8. The van der Waals surface area contributed by atoms with Crippen LogP contribution in [-0.2, 0) is 36.4 Å². The van der Waals surface area contributed by atoms with Crippen molar-refractivity contribution < 1.29 is 52.2 Å². The van der Waals surface area contributed by atoms with Gasteiger partial charge in [0.25, 0.3) is 0 Å². The van der Waals surface area contributed by atoms with E-state index in [0.717, 1.165) is 21.9 Å². The van der Waals surface area contributed by atoms with Gasteiger partial charge in [0, 0.05) is 32.9 Å². The molecule has 2 fully saturated rings. The Morgan fingerprint density at radius 2 is 0.954 bits per heavy atom. The predicted molar refractivity (Wildman–Crippen MR) is 234 cm³/mol. The summed E-state index contributed by atoms with van der Waals surface area (Å²) in [6, 6.07) is 19.5. The molecule has 2 aliphatic rings. The third kappa shape index (κ3) is 8.37. The molecule has 0 saturated carbocycles. The van der Waals surface area contributed by atoms with Crippen molar-refractivity contribution in [1.82, 2.24) is 24.2 Å². The van der Waals surface area contributed by atoms with Crippen molar-refractivity contribution in [3.63, 3.8) is 0 Å². The number of hydrogen-bond acceptors (Lipinski definition) is 6. The number of hydrogen-bond donors (Lipinski definition) is 4. The number of halogens is 3. The molecular weight excluding hydrogens is 848 g/mol. The van der Waals surface area contributed by atoms with Crippen molar-refractivity contribution in [3.05, 3.63) is 102 Å². The number of rotatable bonds is 13. The molecule has 0 aliphatic carbocycles. The Bertz CT molecular complexity index is 2330. The van der Waals surface area contributed by atoms with Crippen LogP contribution in [0.25, 0.3) is 28.2 Å². The van der Waals surface area contributed by atoms with Crippen LogP contribution in [-0.4, -0.2) is 109 Å². The molecule has 0 radical (unpaired) electrons. The van der Waals surface area contributed by atoms with Crippen molar-refractivity contribution in [1.29, 1.82) is 0 Å². The van der Waals surface area contributed by atoms with Crippen LogP contribution in [0, 0.1) is 11.8 Å². The second-order valence-electron chi connectivity index (χ2n) is 17.4. The number of aromatic nitrogens is 1. The minimum absolute atomic E-state index is 0.161. The Kier molecular flexibility index (Phi) is 13.2. The van der Waals surface area contributed by atoms with Crippen LogP contribution in [0.4, 0.5) is 22.8 Å². The van der Waals surface area contributed by atoms with Gasteiger partial charge in [-0.3, -0.25) is 29.0 Å². The summed E-state index contributed by atoms with van der Waals surface area (Å²) in [7, 11) is 2.60. The molecule has 4 atom stereocenters. The van der Waals surface area contributed by atoms with Crippen LogP contribution in [0.2, 0.25) is 0 Å². The Hall–Kier alpha value is -6.85. The largest absolute Gasteiger partial charge is 0.465 e. The number of carboxylic acid groups (broad SMARTS) is 2. The lowest BCUT2D eigenvalue weighted by Crippen LogP contribution is -2.59. The zero-order valence-electron chi connectivity index (χ0n) is 37.0. The van der Waals surface area contributed by atoms with E-state index in [2.05, 4.69) is 0 Å². The van der Waals surface area contributed by atoms with Gasteiger partial charge < -0.3 is 36.0 Å². The molecule has 2 aliphatic heterocycles. The lowest BCUT2D eigenvalue weighted by Gasteiger charge is -2.40. The number of benzene rings is 3. The van der Waals surface area contributed by atoms with Crippen LogP contribution in [0.3, 0.4) is 0 Å². The number of amides is 6. The van der Waals surface area contributed by atoms with Gasteiger partial charge in [-0.15, -0.1) is 0 Å². The summed E-state index contributed by atoms with van der Waals surface area (Å²) in [6.45, 7) is 7.17. The van der Waals surface area contributed by atoms with E-state index in [1.54, 1.807) is 92.9 Å². The summed E-state index contributed by atoms with van der Waals surface area (Å²) >= 11 is 0. The van der Waals surface area contributed by atoms with E-state index in [1.165, 1.54) is 36.0 Å². The van der Waals surface area contributed by atoms with E-state index in [9.17, 15) is 52.2 Å². The molecule has 6 amide bonds. The molecule has 18 heteroatoms. The average Bonchev–Trinajstić information content (AvgIpc) is 4.02. The third-order valence-corrected chi connectivity index (χ3v) is 13.0. The SMILES string of the molecule is CC(C)[C@@H](C(=O)N1CCC[C@@]1(C(N)=O)c1ccc(-c2ccc(-c3ccc([C@]4(C(N)=O)CCCN4C(=O)[C@H](C(C)C)N(C)C(=O)O)cc3)n2-c2ccc(C(F)(F)F)cc2)cc1)N(C)C(=O)O. The molecule has 1 aromatic heterocycles. The molecule has 15 nitrogen and oxygen atoms in total. The van der Waals surface area contributed by atoms with Gasteiger partial charge in [-0.25, -0.2) is 9.59 Å². The Labute approximate surface area is 374 Å². The minimum atomic E-state index is -4.60. The molecule has 6 rings (SSSR count). The van der Waals surface area contributed by atoms with Crippen molar-refractivity contribution in [2.75, 3.05) is 27.2 Å². The lowest BCUT2D eigenvalue weighted by molar-refractivity contribution is -0.148. The highest BCUT2D eigenvalue weighted by Gasteiger charge is 2.53. The molecule has 0 bridgehead atoms. The molecule has 346 valence electrons. The van der Waals surface area contributed by atoms with Gasteiger partial charge in [0.2, 0.25) is 23.6 Å². The zero-order chi connectivity index (χ0) is 47.9. The first kappa shape index (κ1) is 47.6. The molecule has 3 aromatic carbocycles. The van der Waals surface area contributed by atoms with Crippen LogP contribution in [0.5, 0.6) is 0 Å². The normalized spacial score (nSPS) is 19.6. The number of likely N-dealkylation sites (N-methyl/N-ethyl adjacent to an activating group) is 2. The maximum absolute atomic E-state index is 14.1. The van der Waals surface area contributed by atoms with E-state index in [1.807, 2.05) is 0 Å². The standard InChI is InChI=1S/C47H54F3N7O8/c1-27(2)37(53(5)43(62)63)39(58)55-25-7-23-45(55,41(51)60)31-13-9-29(10-14-31)35-21-22-36(57(35)34-19-17-33(18-20-34)47(48,49)50)30-11-15-32(16-12-30)46(42(52)61)24-8-26-56(46)40(59)38(28(3)4)54(6)44(64)65/h9-22,27-28,37-38H,7-8,23-26H2,1-6H3,(H2,51,60)(H2,52,61)(H,62,63)(H,64,65)/t37-,38-,45-,46-/m0/s1. The van der Waals surface area contributed by atoms with Crippen LogP contribution >= 0.6 is 0 Å². The fourth-order valence-electron chi connectivity index (χ4n) is 9.78. The highest BCUT2D eigenvalue weighted by Crippen LogP contribution is 2.44. The number of alkyl halides is 3. The van der Waals surface area contributed by atoms with E-state index >= 15 is 0 Å². The number of carbonyl (C=O) groups excluding carboxylic acids is 4. The molecule has 65 heavy (non-hydrogen) atoms. The summed E-state index contributed by atoms with van der Waals surface area (Å²) in [4.78, 5) is 83.6. The first-order valence-corrected chi connectivity index (χ1v) is 21.3. The number of likely N-dealkylation sites (tertiary alicyclic amines) is 2.